The third-order valence-electron chi connectivity index (χ3n) is 2.28. The van der Waals surface area contributed by atoms with Gasteiger partial charge in [-0.25, -0.2) is 9.18 Å². The van der Waals surface area contributed by atoms with E-state index >= 15 is 0 Å². The Kier molecular flexibility index (Phi) is 2.82. The molecule has 1 N–H and O–H groups in total. The first-order valence-electron chi connectivity index (χ1n) is 4.94. The Hall–Kier alpha value is -2.31. The van der Waals surface area contributed by atoms with E-state index in [1.807, 2.05) is 6.92 Å². The molecule has 1 aromatic carbocycles. The first-order chi connectivity index (χ1) is 8.13. The van der Waals surface area contributed by atoms with E-state index in [0.29, 0.717) is 17.9 Å². The summed E-state index contributed by atoms with van der Waals surface area (Å²) in [4.78, 5) is 10.8. The number of hydrogen-bond acceptors (Lipinski definition) is 4. The summed E-state index contributed by atoms with van der Waals surface area (Å²) in [6, 6.07) is 3.71. The van der Waals surface area contributed by atoms with Gasteiger partial charge in [-0.1, -0.05) is 6.92 Å². The van der Waals surface area contributed by atoms with Gasteiger partial charge in [0, 0.05) is 6.42 Å². The maximum Gasteiger partial charge on any atom is 0.338 e. The number of aryl methyl sites for hydroxylation is 1. The molecule has 0 unspecified atom stereocenters. The molecule has 0 aliphatic heterocycles. The molecule has 0 saturated carbocycles. The van der Waals surface area contributed by atoms with Crippen molar-refractivity contribution in [1.29, 1.82) is 0 Å². The second-order valence-corrected chi connectivity index (χ2v) is 3.33. The van der Waals surface area contributed by atoms with Crippen molar-refractivity contribution in [3.63, 3.8) is 0 Å². The van der Waals surface area contributed by atoms with Crippen LogP contribution < -0.4 is 0 Å². The zero-order valence-electron chi connectivity index (χ0n) is 8.96. The third-order valence-corrected chi connectivity index (χ3v) is 2.28. The smallest absolute Gasteiger partial charge is 0.338 e. The number of benzene rings is 1. The Bertz CT molecular complexity index is 567. The number of hydrogen-bond donors (Lipinski definition) is 1. The summed E-state index contributed by atoms with van der Waals surface area (Å²) in [6.07, 6.45) is 0.590. The van der Waals surface area contributed by atoms with Crippen LogP contribution in [0.25, 0.3) is 5.69 Å². The van der Waals surface area contributed by atoms with Crippen molar-refractivity contribution >= 4 is 5.97 Å². The van der Waals surface area contributed by atoms with Crippen LogP contribution in [0.1, 0.15) is 23.1 Å². The van der Waals surface area contributed by atoms with Crippen molar-refractivity contribution in [3.8, 4) is 5.69 Å². The van der Waals surface area contributed by atoms with Crippen molar-refractivity contribution in [2.75, 3.05) is 0 Å². The molecule has 88 valence electrons. The molecule has 1 aromatic heterocycles. The fourth-order valence-electron chi connectivity index (χ4n) is 1.44. The Balaban J connectivity index is 2.54. The molecule has 17 heavy (non-hydrogen) atoms. The molecule has 2 rings (SSSR count). The van der Waals surface area contributed by atoms with E-state index in [2.05, 4.69) is 15.5 Å². The van der Waals surface area contributed by atoms with Gasteiger partial charge in [0.1, 0.15) is 5.82 Å². The van der Waals surface area contributed by atoms with Crippen LogP contribution in [-0.4, -0.2) is 31.3 Å². The van der Waals surface area contributed by atoms with Gasteiger partial charge in [0.25, 0.3) is 0 Å². The fraction of sp³-hybridized carbons (Fsp3) is 0.200. The molecular formula is C10H9FN4O2. The average molecular weight is 236 g/mol. The normalized spacial score (nSPS) is 10.5. The second-order valence-electron chi connectivity index (χ2n) is 3.33. The summed E-state index contributed by atoms with van der Waals surface area (Å²) >= 11 is 0. The molecule has 2 aromatic rings. The highest BCUT2D eigenvalue weighted by molar-refractivity contribution is 5.88. The SMILES string of the molecule is CCc1nnnn1-c1ccc(F)c(C(=O)O)c1. The lowest BCUT2D eigenvalue weighted by Crippen LogP contribution is -2.06. The summed E-state index contributed by atoms with van der Waals surface area (Å²) in [5.41, 5.74) is 0.0192. The van der Waals surface area contributed by atoms with E-state index in [-0.39, 0.29) is 0 Å². The van der Waals surface area contributed by atoms with Gasteiger partial charge in [-0.2, -0.15) is 4.68 Å². The molecular weight excluding hydrogens is 227 g/mol. The summed E-state index contributed by atoms with van der Waals surface area (Å²) in [5.74, 6) is -1.53. The minimum Gasteiger partial charge on any atom is -0.478 e. The van der Waals surface area contributed by atoms with E-state index in [9.17, 15) is 9.18 Å². The van der Waals surface area contributed by atoms with Crippen LogP contribution in [0.5, 0.6) is 0 Å². The van der Waals surface area contributed by atoms with E-state index in [0.717, 1.165) is 6.07 Å². The van der Waals surface area contributed by atoms with Crippen molar-refractivity contribution in [2.24, 2.45) is 0 Å². The zero-order valence-corrected chi connectivity index (χ0v) is 8.96. The molecule has 0 atom stereocenters. The summed E-state index contributed by atoms with van der Waals surface area (Å²) in [5, 5.41) is 19.8. The number of tetrazole rings is 1. The number of carbonyl (C=O) groups is 1. The molecule has 1 heterocycles. The first kappa shape index (κ1) is 11.2. The standard InChI is InChI=1S/C10H9FN4O2/c1-2-9-12-13-14-15(9)6-3-4-8(11)7(5-6)10(16)17/h3-5H,2H2,1H3,(H,16,17). The molecule has 0 radical (unpaired) electrons. The van der Waals surface area contributed by atoms with Crippen molar-refractivity contribution < 1.29 is 14.3 Å². The van der Waals surface area contributed by atoms with Gasteiger partial charge in [0.05, 0.1) is 11.3 Å². The molecule has 0 bridgehead atoms. The van der Waals surface area contributed by atoms with E-state index in [4.69, 9.17) is 5.11 Å². The predicted molar refractivity (Wildman–Crippen MR) is 55.4 cm³/mol. The Morgan fingerprint density at radius 1 is 1.53 bits per heavy atom. The number of aromatic nitrogens is 4. The summed E-state index contributed by atoms with van der Waals surface area (Å²) in [7, 11) is 0. The number of carboxylic acid groups (broad SMARTS) is 1. The lowest BCUT2D eigenvalue weighted by atomic mass is 10.2. The van der Waals surface area contributed by atoms with Crippen LogP contribution in [0.3, 0.4) is 0 Å². The largest absolute Gasteiger partial charge is 0.478 e. The van der Waals surface area contributed by atoms with E-state index in [1.165, 1.54) is 16.8 Å². The Morgan fingerprint density at radius 3 is 2.94 bits per heavy atom. The quantitative estimate of drug-likeness (QED) is 0.861. The molecule has 0 amide bonds. The lowest BCUT2D eigenvalue weighted by molar-refractivity contribution is 0.0692. The molecule has 6 nitrogen and oxygen atoms in total. The van der Waals surface area contributed by atoms with Crippen LogP contribution >= 0.6 is 0 Å². The summed E-state index contributed by atoms with van der Waals surface area (Å²) < 4.78 is 14.6. The van der Waals surface area contributed by atoms with E-state index < -0.39 is 17.3 Å². The van der Waals surface area contributed by atoms with Gasteiger partial charge in [0.2, 0.25) is 0 Å². The van der Waals surface area contributed by atoms with Crippen LogP contribution in [0.15, 0.2) is 18.2 Å². The number of nitrogens with zero attached hydrogens (tertiary/aromatic N) is 4. The molecule has 0 aliphatic carbocycles. The highest BCUT2D eigenvalue weighted by Gasteiger charge is 2.13. The van der Waals surface area contributed by atoms with Gasteiger partial charge in [-0.05, 0) is 28.6 Å². The zero-order chi connectivity index (χ0) is 12.4. The van der Waals surface area contributed by atoms with E-state index in [1.54, 1.807) is 0 Å². The van der Waals surface area contributed by atoms with Gasteiger partial charge < -0.3 is 5.11 Å². The van der Waals surface area contributed by atoms with Crippen molar-refractivity contribution in [1.82, 2.24) is 20.2 Å². The van der Waals surface area contributed by atoms with Crippen molar-refractivity contribution in [2.45, 2.75) is 13.3 Å². The first-order valence-corrected chi connectivity index (χ1v) is 4.94. The Labute approximate surface area is 95.7 Å². The number of carboxylic acids is 1. The maximum atomic E-state index is 13.2. The van der Waals surface area contributed by atoms with Gasteiger partial charge >= 0.3 is 5.97 Å². The molecule has 7 heteroatoms. The van der Waals surface area contributed by atoms with Gasteiger partial charge in [0.15, 0.2) is 5.82 Å². The number of aromatic carboxylic acids is 1. The summed E-state index contributed by atoms with van der Waals surface area (Å²) in [6.45, 7) is 1.86. The third kappa shape index (κ3) is 1.99. The highest BCUT2D eigenvalue weighted by Crippen LogP contribution is 2.14. The van der Waals surface area contributed by atoms with Crippen LogP contribution in [0, 0.1) is 5.82 Å². The topological polar surface area (TPSA) is 80.9 Å². The molecule has 0 fully saturated rings. The maximum absolute atomic E-state index is 13.2. The minimum absolute atomic E-state index is 0.403. The minimum atomic E-state index is -1.32. The fourth-order valence-corrected chi connectivity index (χ4v) is 1.44. The number of halogens is 1. The average Bonchev–Trinajstić information content (AvgIpc) is 2.77. The molecule has 0 aliphatic rings. The predicted octanol–water partition coefficient (Wildman–Crippen LogP) is 1.06. The van der Waals surface area contributed by atoms with Crippen LogP contribution in [-0.2, 0) is 6.42 Å². The lowest BCUT2D eigenvalue weighted by Gasteiger charge is -2.04. The van der Waals surface area contributed by atoms with Crippen LogP contribution in [0.2, 0.25) is 0 Å². The van der Waals surface area contributed by atoms with Crippen LogP contribution in [0.4, 0.5) is 4.39 Å². The monoisotopic (exact) mass is 236 g/mol. The molecule has 0 spiro atoms. The van der Waals surface area contributed by atoms with Gasteiger partial charge in [-0.3, -0.25) is 0 Å². The number of rotatable bonds is 3. The Morgan fingerprint density at radius 2 is 2.29 bits per heavy atom. The van der Waals surface area contributed by atoms with Gasteiger partial charge in [-0.15, -0.1) is 5.10 Å². The highest BCUT2D eigenvalue weighted by atomic mass is 19.1. The molecule has 0 saturated heterocycles. The second kappa shape index (κ2) is 4.28. The van der Waals surface area contributed by atoms with Crippen molar-refractivity contribution in [3.05, 3.63) is 35.4 Å².